The lowest BCUT2D eigenvalue weighted by molar-refractivity contribution is -0.133. The molecule has 1 aliphatic rings. The van der Waals surface area contributed by atoms with Gasteiger partial charge in [0.1, 0.15) is 18.2 Å². The highest BCUT2D eigenvalue weighted by Gasteiger charge is 2.27. The summed E-state index contributed by atoms with van der Waals surface area (Å²) in [6.07, 6.45) is 1.50. The number of benzene rings is 1. The largest absolute Gasteiger partial charge is 0.353 e. The lowest BCUT2D eigenvalue weighted by Gasteiger charge is -2.37. The molecule has 0 unspecified atom stereocenters. The highest BCUT2D eigenvalue weighted by molar-refractivity contribution is 5.83. The summed E-state index contributed by atoms with van der Waals surface area (Å²) >= 11 is 0. The number of carbonyl (C=O) groups excluding carboxylic acids is 1. The molecule has 2 N–H and O–H groups in total. The predicted octanol–water partition coefficient (Wildman–Crippen LogP) is 0.781. The number of aromatic nitrogens is 4. The first kappa shape index (κ1) is 16.5. The Balaban J connectivity index is 1.47. The Bertz CT molecular complexity index is 916. The molecule has 3 heterocycles. The number of hydrogen-bond acceptors (Lipinski definition) is 6. The van der Waals surface area contributed by atoms with E-state index in [-0.39, 0.29) is 5.91 Å². The minimum atomic E-state index is -0.618. The van der Waals surface area contributed by atoms with E-state index < -0.39 is 6.04 Å². The molecule has 26 heavy (non-hydrogen) atoms. The zero-order valence-corrected chi connectivity index (χ0v) is 14.6. The maximum Gasteiger partial charge on any atom is 0.254 e. The lowest BCUT2D eigenvalue weighted by atomic mass is 10.1. The standard InChI is InChI=1S/C18H21N7O/c1-13-11-15(25-18(22-13)20-12-21-25)23-7-9-24(10-8-23)17(26)16(19)14-5-3-2-4-6-14/h2-6,11-12,16H,7-10,19H2,1H3/t16-/m1/s1. The molecule has 0 radical (unpaired) electrons. The van der Waals surface area contributed by atoms with E-state index >= 15 is 0 Å². The van der Waals surface area contributed by atoms with E-state index in [2.05, 4.69) is 20.0 Å². The molecule has 0 bridgehead atoms. The molecule has 1 atom stereocenters. The van der Waals surface area contributed by atoms with Crippen LogP contribution < -0.4 is 10.6 Å². The fourth-order valence-electron chi connectivity index (χ4n) is 3.29. The first-order chi connectivity index (χ1) is 12.6. The Kier molecular flexibility index (Phi) is 4.26. The summed E-state index contributed by atoms with van der Waals surface area (Å²) in [7, 11) is 0. The maximum absolute atomic E-state index is 12.7. The first-order valence-electron chi connectivity index (χ1n) is 8.65. The van der Waals surface area contributed by atoms with E-state index in [4.69, 9.17) is 5.73 Å². The molecule has 8 heteroatoms. The third-order valence-corrected chi connectivity index (χ3v) is 4.70. The van der Waals surface area contributed by atoms with Crippen molar-refractivity contribution in [1.29, 1.82) is 0 Å². The SMILES string of the molecule is Cc1cc(N2CCN(C(=O)[C@H](N)c3ccccc3)CC2)n2ncnc2n1. The van der Waals surface area contributed by atoms with Gasteiger partial charge in [-0.2, -0.15) is 14.6 Å². The van der Waals surface area contributed by atoms with Crippen LogP contribution in [0.15, 0.2) is 42.7 Å². The fraction of sp³-hybridized carbons (Fsp3) is 0.333. The number of piperazine rings is 1. The summed E-state index contributed by atoms with van der Waals surface area (Å²) < 4.78 is 1.74. The summed E-state index contributed by atoms with van der Waals surface area (Å²) in [6, 6.07) is 10.9. The van der Waals surface area contributed by atoms with Crippen LogP contribution in [0.2, 0.25) is 0 Å². The molecule has 4 rings (SSSR count). The van der Waals surface area contributed by atoms with Crippen molar-refractivity contribution >= 4 is 17.5 Å². The number of rotatable bonds is 3. The molecule has 1 amide bonds. The molecule has 1 fully saturated rings. The monoisotopic (exact) mass is 351 g/mol. The highest BCUT2D eigenvalue weighted by Crippen LogP contribution is 2.19. The van der Waals surface area contributed by atoms with Crippen LogP contribution in [-0.4, -0.2) is 56.6 Å². The average Bonchev–Trinajstić information content (AvgIpc) is 3.15. The molecular weight excluding hydrogens is 330 g/mol. The van der Waals surface area contributed by atoms with Crippen LogP contribution in [0.1, 0.15) is 17.3 Å². The number of aryl methyl sites for hydroxylation is 1. The van der Waals surface area contributed by atoms with Crippen LogP contribution in [0.25, 0.3) is 5.78 Å². The normalized spacial score (nSPS) is 16.1. The molecule has 2 aromatic heterocycles. The van der Waals surface area contributed by atoms with Gasteiger partial charge in [-0.25, -0.2) is 4.98 Å². The van der Waals surface area contributed by atoms with Crippen LogP contribution in [0.4, 0.5) is 5.82 Å². The van der Waals surface area contributed by atoms with Gasteiger partial charge in [0.2, 0.25) is 5.91 Å². The zero-order valence-electron chi connectivity index (χ0n) is 14.6. The van der Waals surface area contributed by atoms with Crippen molar-refractivity contribution in [3.8, 4) is 0 Å². The second kappa shape index (κ2) is 6.72. The Morgan fingerprint density at radius 1 is 1.15 bits per heavy atom. The van der Waals surface area contributed by atoms with Crippen molar-refractivity contribution in [3.05, 3.63) is 54.0 Å². The molecule has 0 spiro atoms. The topological polar surface area (TPSA) is 92.7 Å². The van der Waals surface area contributed by atoms with Crippen molar-refractivity contribution < 1.29 is 4.79 Å². The van der Waals surface area contributed by atoms with Crippen molar-refractivity contribution in [2.24, 2.45) is 5.73 Å². The molecule has 1 saturated heterocycles. The molecule has 0 aliphatic carbocycles. The van der Waals surface area contributed by atoms with Crippen molar-refractivity contribution in [2.45, 2.75) is 13.0 Å². The number of amides is 1. The van der Waals surface area contributed by atoms with Gasteiger partial charge >= 0.3 is 0 Å². The molecule has 1 aliphatic heterocycles. The third-order valence-electron chi connectivity index (χ3n) is 4.70. The molecule has 134 valence electrons. The Labute approximate surface area is 151 Å². The van der Waals surface area contributed by atoms with Crippen LogP contribution in [-0.2, 0) is 4.79 Å². The quantitative estimate of drug-likeness (QED) is 0.750. The van der Waals surface area contributed by atoms with Crippen molar-refractivity contribution in [3.63, 3.8) is 0 Å². The average molecular weight is 351 g/mol. The van der Waals surface area contributed by atoms with Crippen LogP contribution in [0.5, 0.6) is 0 Å². The van der Waals surface area contributed by atoms with Gasteiger partial charge in [-0.15, -0.1) is 0 Å². The van der Waals surface area contributed by atoms with Crippen molar-refractivity contribution in [1.82, 2.24) is 24.5 Å². The maximum atomic E-state index is 12.7. The minimum absolute atomic E-state index is 0.0346. The number of anilines is 1. The van der Waals surface area contributed by atoms with E-state index in [1.54, 1.807) is 4.52 Å². The number of hydrogen-bond donors (Lipinski definition) is 1. The summed E-state index contributed by atoms with van der Waals surface area (Å²) in [6.45, 7) is 4.61. The van der Waals surface area contributed by atoms with Crippen LogP contribution in [0.3, 0.4) is 0 Å². The number of nitrogens with zero attached hydrogens (tertiary/aromatic N) is 6. The predicted molar refractivity (Wildman–Crippen MR) is 97.7 cm³/mol. The molecule has 8 nitrogen and oxygen atoms in total. The number of fused-ring (bicyclic) bond motifs is 1. The summed E-state index contributed by atoms with van der Waals surface area (Å²) in [4.78, 5) is 25.3. The van der Waals surface area contributed by atoms with E-state index in [9.17, 15) is 4.79 Å². The minimum Gasteiger partial charge on any atom is -0.353 e. The van der Waals surface area contributed by atoms with Gasteiger partial charge in [0.15, 0.2) is 0 Å². The summed E-state index contributed by atoms with van der Waals surface area (Å²) in [5.74, 6) is 1.50. The molecular formula is C18H21N7O. The summed E-state index contributed by atoms with van der Waals surface area (Å²) in [5.41, 5.74) is 7.90. The van der Waals surface area contributed by atoms with E-state index in [1.807, 2.05) is 48.2 Å². The van der Waals surface area contributed by atoms with Gasteiger partial charge < -0.3 is 15.5 Å². The van der Waals surface area contributed by atoms with Gasteiger partial charge in [0, 0.05) is 37.9 Å². The first-order valence-corrected chi connectivity index (χ1v) is 8.65. The van der Waals surface area contributed by atoms with E-state index in [1.165, 1.54) is 6.33 Å². The molecule has 3 aromatic rings. The van der Waals surface area contributed by atoms with Crippen LogP contribution >= 0.6 is 0 Å². The van der Waals surface area contributed by atoms with Gasteiger partial charge in [-0.05, 0) is 12.5 Å². The smallest absolute Gasteiger partial charge is 0.254 e. The van der Waals surface area contributed by atoms with Crippen molar-refractivity contribution in [2.75, 3.05) is 31.1 Å². The zero-order chi connectivity index (χ0) is 18.1. The van der Waals surface area contributed by atoms with Gasteiger partial charge in [0.05, 0.1) is 0 Å². The van der Waals surface area contributed by atoms with E-state index in [0.717, 1.165) is 17.1 Å². The number of nitrogens with two attached hydrogens (primary N) is 1. The fourth-order valence-corrected chi connectivity index (χ4v) is 3.29. The second-order valence-corrected chi connectivity index (χ2v) is 6.43. The Morgan fingerprint density at radius 3 is 2.62 bits per heavy atom. The van der Waals surface area contributed by atoms with Gasteiger partial charge in [0.25, 0.3) is 5.78 Å². The third kappa shape index (κ3) is 2.99. The molecule has 1 aromatic carbocycles. The number of carbonyl (C=O) groups is 1. The van der Waals surface area contributed by atoms with Gasteiger partial charge in [-0.1, -0.05) is 30.3 Å². The van der Waals surface area contributed by atoms with Crippen LogP contribution in [0, 0.1) is 6.92 Å². The highest BCUT2D eigenvalue weighted by atomic mass is 16.2. The van der Waals surface area contributed by atoms with Gasteiger partial charge in [-0.3, -0.25) is 4.79 Å². The molecule has 0 saturated carbocycles. The Hall–Kier alpha value is -3.00. The lowest BCUT2D eigenvalue weighted by Crippen LogP contribution is -2.51. The van der Waals surface area contributed by atoms with E-state index in [0.29, 0.717) is 32.0 Å². The summed E-state index contributed by atoms with van der Waals surface area (Å²) in [5, 5.41) is 4.26. The second-order valence-electron chi connectivity index (χ2n) is 6.43. The Morgan fingerprint density at radius 2 is 1.88 bits per heavy atom.